The van der Waals surface area contributed by atoms with Crippen molar-refractivity contribution in [2.24, 2.45) is 5.41 Å². The van der Waals surface area contributed by atoms with Crippen LogP contribution < -0.4 is 0 Å². The summed E-state index contributed by atoms with van der Waals surface area (Å²) in [4.78, 5) is 2.46. The van der Waals surface area contributed by atoms with Crippen LogP contribution in [0.4, 0.5) is 0 Å². The summed E-state index contributed by atoms with van der Waals surface area (Å²) in [6.07, 6.45) is 7.53. The molecule has 0 N–H and O–H groups in total. The number of hydrogen-bond donors (Lipinski definition) is 0. The first-order valence-electron chi connectivity index (χ1n) is 5.97. The first-order chi connectivity index (χ1) is 7.27. The normalized spacial score (nSPS) is 25.4. The molecule has 3 nitrogen and oxygen atoms in total. The molecule has 1 aliphatic carbocycles. The quantitative estimate of drug-likeness (QED) is 0.645. The topological polar surface area (TPSA) is 21.1 Å². The van der Waals surface area contributed by atoms with Crippen LogP contribution in [0.15, 0.2) is 12.3 Å². The zero-order chi connectivity index (χ0) is 10.3. The van der Waals surface area contributed by atoms with Crippen molar-refractivity contribution in [1.29, 1.82) is 0 Å². The van der Waals surface area contributed by atoms with Gasteiger partial charge in [-0.05, 0) is 26.0 Å². The van der Waals surface area contributed by atoms with Crippen LogP contribution in [0.3, 0.4) is 0 Å². The number of fused-ring (bicyclic) bond motifs is 1. The van der Waals surface area contributed by atoms with Crippen molar-refractivity contribution in [1.82, 2.24) is 14.7 Å². The summed E-state index contributed by atoms with van der Waals surface area (Å²) in [5, 5.41) is 4.46. The second-order valence-electron chi connectivity index (χ2n) is 5.36. The molecule has 1 fully saturated rings. The van der Waals surface area contributed by atoms with E-state index in [1.54, 1.807) is 0 Å². The molecular weight excluding hydrogens is 186 g/mol. The average Bonchev–Trinajstić information content (AvgIpc) is 2.75. The van der Waals surface area contributed by atoms with E-state index in [1.807, 2.05) is 6.20 Å². The Morgan fingerprint density at radius 1 is 1.27 bits per heavy atom. The number of aromatic nitrogens is 2. The van der Waals surface area contributed by atoms with E-state index in [2.05, 4.69) is 27.8 Å². The predicted octanol–water partition coefficient (Wildman–Crippen LogP) is 1.89. The third-order valence-corrected chi connectivity index (χ3v) is 3.99. The molecule has 0 atom stereocenters. The lowest BCUT2D eigenvalue weighted by Crippen LogP contribution is -2.33. The Morgan fingerprint density at radius 3 is 2.87 bits per heavy atom. The first kappa shape index (κ1) is 9.40. The van der Waals surface area contributed by atoms with Crippen molar-refractivity contribution in [3.05, 3.63) is 18.0 Å². The van der Waals surface area contributed by atoms with Crippen LogP contribution in [-0.2, 0) is 13.1 Å². The molecule has 1 aliphatic heterocycles. The van der Waals surface area contributed by atoms with Gasteiger partial charge in [0, 0.05) is 31.2 Å². The molecule has 0 amide bonds. The van der Waals surface area contributed by atoms with E-state index in [9.17, 15) is 0 Å². The van der Waals surface area contributed by atoms with Gasteiger partial charge in [0.1, 0.15) is 0 Å². The Labute approximate surface area is 91.1 Å². The zero-order valence-corrected chi connectivity index (χ0v) is 9.45. The molecule has 15 heavy (non-hydrogen) atoms. The minimum atomic E-state index is 0.520. The fourth-order valence-electron chi connectivity index (χ4n) is 3.35. The molecule has 2 aliphatic rings. The smallest absolute Gasteiger partial charge is 0.0524 e. The fourth-order valence-corrected chi connectivity index (χ4v) is 3.35. The molecule has 3 rings (SSSR count). The van der Waals surface area contributed by atoms with E-state index >= 15 is 0 Å². The van der Waals surface area contributed by atoms with Gasteiger partial charge < -0.3 is 0 Å². The Bertz CT molecular complexity index is 350. The second-order valence-corrected chi connectivity index (χ2v) is 5.36. The summed E-state index contributed by atoms with van der Waals surface area (Å²) in [7, 11) is 2.24. The zero-order valence-electron chi connectivity index (χ0n) is 9.45. The number of hydrogen-bond acceptors (Lipinski definition) is 2. The van der Waals surface area contributed by atoms with Gasteiger partial charge in [-0.1, -0.05) is 12.8 Å². The van der Waals surface area contributed by atoms with Crippen LogP contribution >= 0.6 is 0 Å². The minimum Gasteiger partial charge on any atom is -0.300 e. The van der Waals surface area contributed by atoms with Crippen LogP contribution in [0.2, 0.25) is 0 Å². The van der Waals surface area contributed by atoms with E-state index in [0.29, 0.717) is 5.41 Å². The molecule has 1 aromatic rings. The molecule has 0 bridgehead atoms. The van der Waals surface area contributed by atoms with E-state index in [-0.39, 0.29) is 0 Å². The van der Waals surface area contributed by atoms with Crippen molar-refractivity contribution in [3.63, 3.8) is 0 Å². The van der Waals surface area contributed by atoms with Gasteiger partial charge in [-0.25, -0.2) is 0 Å². The summed E-state index contributed by atoms with van der Waals surface area (Å²) in [6.45, 7) is 3.44. The summed E-state index contributed by atoms with van der Waals surface area (Å²) in [5.41, 5.74) is 1.90. The number of nitrogens with zero attached hydrogens (tertiary/aromatic N) is 3. The summed E-state index contributed by atoms with van der Waals surface area (Å²) >= 11 is 0. The Hall–Kier alpha value is -0.830. The van der Waals surface area contributed by atoms with E-state index < -0.39 is 0 Å². The first-order valence-corrected chi connectivity index (χ1v) is 5.97. The third kappa shape index (κ3) is 1.59. The Kier molecular flexibility index (Phi) is 2.09. The maximum atomic E-state index is 4.46. The van der Waals surface area contributed by atoms with Gasteiger partial charge in [0.15, 0.2) is 0 Å². The molecule has 3 heteroatoms. The summed E-state index contributed by atoms with van der Waals surface area (Å²) in [5.74, 6) is 0. The highest BCUT2D eigenvalue weighted by atomic mass is 15.3. The monoisotopic (exact) mass is 205 g/mol. The van der Waals surface area contributed by atoms with Crippen molar-refractivity contribution >= 4 is 0 Å². The Morgan fingerprint density at radius 2 is 2.07 bits per heavy atom. The predicted molar refractivity (Wildman–Crippen MR) is 59.5 cm³/mol. The molecule has 2 heterocycles. The molecule has 0 saturated heterocycles. The molecule has 1 aromatic heterocycles. The molecule has 0 radical (unpaired) electrons. The maximum absolute atomic E-state index is 4.46. The highest BCUT2D eigenvalue weighted by molar-refractivity contribution is 5.04. The van der Waals surface area contributed by atoms with Crippen molar-refractivity contribution in [2.45, 2.75) is 38.8 Å². The van der Waals surface area contributed by atoms with Crippen LogP contribution in [0.25, 0.3) is 0 Å². The van der Waals surface area contributed by atoms with Crippen LogP contribution in [0, 0.1) is 5.41 Å². The van der Waals surface area contributed by atoms with E-state index in [0.717, 1.165) is 13.1 Å². The lowest BCUT2D eigenvalue weighted by molar-refractivity contribution is 0.166. The average molecular weight is 205 g/mol. The van der Waals surface area contributed by atoms with Gasteiger partial charge in [0.2, 0.25) is 0 Å². The third-order valence-electron chi connectivity index (χ3n) is 3.99. The van der Waals surface area contributed by atoms with Gasteiger partial charge >= 0.3 is 0 Å². The molecule has 1 saturated carbocycles. The molecule has 82 valence electrons. The fraction of sp³-hybridized carbons (Fsp3) is 0.750. The second kappa shape index (κ2) is 3.34. The molecular formula is C12H19N3. The molecule has 0 aromatic carbocycles. The van der Waals surface area contributed by atoms with Crippen LogP contribution in [-0.4, -0.2) is 28.3 Å². The van der Waals surface area contributed by atoms with E-state index in [1.165, 1.54) is 37.9 Å². The maximum Gasteiger partial charge on any atom is 0.0524 e. The van der Waals surface area contributed by atoms with Gasteiger partial charge in [0.05, 0.1) is 5.69 Å². The highest BCUT2D eigenvalue weighted by Gasteiger charge is 2.37. The molecule has 0 unspecified atom stereocenters. The van der Waals surface area contributed by atoms with Crippen molar-refractivity contribution < 1.29 is 0 Å². The minimum absolute atomic E-state index is 0.520. The van der Waals surface area contributed by atoms with E-state index in [4.69, 9.17) is 0 Å². The van der Waals surface area contributed by atoms with Gasteiger partial charge in [0.25, 0.3) is 0 Å². The largest absolute Gasteiger partial charge is 0.300 e. The van der Waals surface area contributed by atoms with Crippen molar-refractivity contribution in [3.8, 4) is 0 Å². The van der Waals surface area contributed by atoms with Gasteiger partial charge in [-0.15, -0.1) is 0 Å². The highest BCUT2D eigenvalue weighted by Crippen LogP contribution is 2.41. The lowest BCUT2D eigenvalue weighted by atomic mass is 9.86. The SMILES string of the molecule is CN1Cc2ccnn2CC2(CCCC2)C1. The van der Waals surface area contributed by atoms with Crippen LogP contribution in [0.5, 0.6) is 0 Å². The van der Waals surface area contributed by atoms with Gasteiger partial charge in [-0.2, -0.15) is 5.10 Å². The molecule has 1 spiro atoms. The summed E-state index contributed by atoms with van der Waals surface area (Å²) in [6, 6.07) is 2.16. The standard InChI is InChI=1S/C12H19N3/c1-14-8-11-4-7-13-15(11)10-12(9-14)5-2-3-6-12/h4,7H,2-3,5-6,8-10H2,1H3. The number of rotatable bonds is 0. The van der Waals surface area contributed by atoms with Crippen LogP contribution in [0.1, 0.15) is 31.4 Å². The van der Waals surface area contributed by atoms with Gasteiger partial charge in [-0.3, -0.25) is 9.58 Å². The summed E-state index contributed by atoms with van der Waals surface area (Å²) < 4.78 is 2.23. The Balaban J connectivity index is 1.94. The lowest BCUT2D eigenvalue weighted by Gasteiger charge is -2.30. The van der Waals surface area contributed by atoms with Crippen molar-refractivity contribution in [2.75, 3.05) is 13.6 Å².